The van der Waals surface area contributed by atoms with E-state index in [2.05, 4.69) is 10.6 Å². The number of benzene rings is 2. The highest BCUT2D eigenvalue weighted by Gasteiger charge is 2.29. The third-order valence-corrected chi connectivity index (χ3v) is 4.20. The molecule has 0 spiro atoms. The zero-order chi connectivity index (χ0) is 18.7. The minimum Gasteiger partial charge on any atom is -0.490 e. The van der Waals surface area contributed by atoms with Crippen LogP contribution in [0.15, 0.2) is 42.5 Å². The van der Waals surface area contributed by atoms with Gasteiger partial charge in [0, 0.05) is 17.3 Å². The van der Waals surface area contributed by atoms with E-state index in [1.807, 2.05) is 39.0 Å². The number of nitrogens with one attached hydrogen (secondary N) is 2. The van der Waals surface area contributed by atoms with Crippen LogP contribution in [-0.4, -0.2) is 17.9 Å². The lowest BCUT2D eigenvalue weighted by molar-refractivity contribution is -0.117. The monoisotopic (exact) mass is 352 g/mol. The van der Waals surface area contributed by atoms with Crippen molar-refractivity contribution in [2.24, 2.45) is 5.92 Å². The second-order valence-electron chi connectivity index (χ2n) is 6.91. The fraction of sp³-hybridized carbons (Fsp3) is 0.333. The van der Waals surface area contributed by atoms with E-state index in [0.717, 1.165) is 24.1 Å². The van der Waals surface area contributed by atoms with Gasteiger partial charge in [0.25, 0.3) is 5.91 Å². The number of hydrogen-bond donors (Lipinski definition) is 2. The third kappa shape index (κ3) is 4.42. The van der Waals surface area contributed by atoms with Gasteiger partial charge in [-0.05, 0) is 63.4 Å². The second-order valence-corrected chi connectivity index (χ2v) is 6.91. The predicted molar refractivity (Wildman–Crippen MR) is 103 cm³/mol. The number of para-hydroxylation sites is 1. The van der Waals surface area contributed by atoms with Crippen molar-refractivity contribution in [1.82, 2.24) is 0 Å². The zero-order valence-electron chi connectivity index (χ0n) is 15.3. The van der Waals surface area contributed by atoms with E-state index >= 15 is 0 Å². The number of anilines is 2. The Bertz CT molecular complexity index is 826. The first-order chi connectivity index (χ1) is 12.4. The Balaban J connectivity index is 1.76. The topological polar surface area (TPSA) is 67.4 Å². The summed E-state index contributed by atoms with van der Waals surface area (Å²) in [6.07, 6.45) is 1.88. The number of carbonyl (C=O) groups excluding carboxylic acids is 2. The predicted octanol–water partition coefficient (Wildman–Crippen LogP) is 4.38. The van der Waals surface area contributed by atoms with E-state index < -0.39 is 0 Å². The molecule has 2 aromatic carbocycles. The number of ether oxygens (including phenoxy) is 1. The Morgan fingerprint density at radius 3 is 2.50 bits per heavy atom. The third-order valence-electron chi connectivity index (χ3n) is 4.20. The van der Waals surface area contributed by atoms with Crippen LogP contribution in [0.3, 0.4) is 0 Å². The summed E-state index contributed by atoms with van der Waals surface area (Å²) >= 11 is 0. The maximum Gasteiger partial charge on any atom is 0.259 e. The van der Waals surface area contributed by atoms with Crippen molar-refractivity contribution in [2.45, 2.75) is 39.7 Å². The van der Waals surface area contributed by atoms with Gasteiger partial charge in [-0.25, -0.2) is 0 Å². The number of carbonyl (C=O) groups is 2. The molecule has 5 heteroatoms. The normalized spacial score (nSPS) is 13.4. The first-order valence-corrected chi connectivity index (χ1v) is 8.92. The van der Waals surface area contributed by atoms with Crippen molar-refractivity contribution in [2.75, 3.05) is 10.6 Å². The van der Waals surface area contributed by atoms with Crippen LogP contribution in [0, 0.1) is 12.8 Å². The fourth-order valence-electron chi connectivity index (χ4n) is 2.62. The van der Waals surface area contributed by atoms with Crippen LogP contribution in [0.1, 0.15) is 42.6 Å². The highest BCUT2D eigenvalue weighted by Crippen LogP contribution is 2.31. The molecule has 0 aromatic heterocycles. The van der Waals surface area contributed by atoms with Crippen molar-refractivity contribution in [3.05, 3.63) is 53.6 Å². The van der Waals surface area contributed by atoms with Crippen molar-refractivity contribution in [3.8, 4) is 5.75 Å². The molecule has 5 nitrogen and oxygen atoms in total. The summed E-state index contributed by atoms with van der Waals surface area (Å²) in [5, 5.41) is 5.84. The smallest absolute Gasteiger partial charge is 0.259 e. The van der Waals surface area contributed by atoms with Crippen molar-refractivity contribution < 1.29 is 14.3 Å². The molecule has 0 bridgehead atoms. The molecule has 2 N–H and O–H groups in total. The van der Waals surface area contributed by atoms with Gasteiger partial charge in [-0.3, -0.25) is 9.59 Å². The maximum absolute atomic E-state index is 12.7. The number of aryl methyl sites for hydroxylation is 1. The molecule has 136 valence electrons. The van der Waals surface area contributed by atoms with Gasteiger partial charge in [-0.15, -0.1) is 0 Å². The SMILES string of the molecule is Cc1ccc(NC(=O)c2ccccc2OC(C)C)cc1NC(=O)C1CC1. The Hall–Kier alpha value is -2.82. The van der Waals surface area contributed by atoms with Crippen LogP contribution in [0.2, 0.25) is 0 Å². The lowest BCUT2D eigenvalue weighted by Gasteiger charge is -2.15. The molecule has 0 saturated heterocycles. The van der Waals surface area contributed by atoms with E-state index in [4.69, 9.17) is 4.74 Å². The van der Waals surface area contributed by atoms with Gasteiger partial charge < -0.3 is 15.4 Å². The molecule has 1 fully saturated rings. The highest BCUT2D eigenvalue weighted by atomic mass is 16.5. The maximum atomic E-state index is 12.7. The average Bonchev–Trinajstić information content (AvgIpc) is 3.43. The highest BCUT2D eigenvalue weighted by molar-refractivity contribution is 6.06. The van der Waals surface area contributed by atoms with E-state index in [-0.39, 0.29) is 23.8 Å². The molecule has 0 radical (unpaired) electrons. The van der Waals surface area contributed by atoms with E-state index in [9.17, 15) is 9.59 Å². The quantitative estimate of drug-likeness (QED) is 0.810. The van der Waals surface area contributed by atoms with Crippen LogP contribution < -0.4 is 15.4 Å². The summed E-state index contributed by atoms with van der Waals surface area (Å²) in [7, 11) is 0. The Morgan fingerprint density at radius 2 is 1.81 bits per heavy atom. The van der Waals surface area contributed by atoms with Crippen LogP contribution in [-0.2, 0) is 4.79 Å². The Kier molecular flexibility index (Phi) is 5.26. The summed E-state index contributed by atoms with van der Waals surface area (Å²) in [4.78, 5) is 24.7. The molecule has 1 aliphatic carbocycles. The van der Waals surface area contributed by atoms with Crippen LogP contribution in [0.25, 0.3) is 0 Å². The summed E-state index contributed by atoms with van der Waals surface area (Å²) in [6.45, 7) is 5.77. The number of amides is 2. The molecule has 2 amide bonds. The summed E-state index contributed by atoms with van der Waals surface area (Å²) < 4.78 is 5.72. The molecule has 0 aliphatic heterocycles. The first-order valence-electron chi connectivity index (χ1n) is 8.92. The zero-order valence-corrected chi connectivity index (χ0v) is 15.3. The van der Waals surface area contributed by atoms with Gasteiger partial charge in [-0.1, -0.05) is 18.2 Å². The van der Waals surface area contributed by atoms with Gasteiger partial charge >= 0.3 is 0 Å². The lowest BCUT2D eigenvalue weighted by Crippen LogP contribution is -2.17. The number of rotatable bonds is 6. The molecular formula is C21H24N2O3. The van der Waals surface area contributed by atoms with Crippen LogP contribution in [0.5, 0.6) is 5.75 Å². The minimum absolute atomic E-state index is 0.0208. The van der Waals surface area contributed by atoms with E-state index in [1.165, 1.54) is 0 Å². The first kappa shape index (κ1) is 18.0. The molecular weight excluding hydrogens is 328 g/mol. The average molecular weight is 352 g/mol. The molecule has 26 heavy (non-hydrogen) atoms. The van der Waals surface area contributed by atoms with Crippen molar-refractivity contribution in [3.63, 3.8) is 0 Å². The van der Waals surface area contributed by atoms with E-state index in [0.29, 0.717) is 17.0 Å². The number of hydrogen-bond acceptors (Lipinski definition) is 3. The van der Waals surface area contributed by atoms with Gasteiger partial charge in [0.15, 0.2) is 0 Å². The van der Waals surface area contributed by atoms with Gasteiger partial charge in [0.1, 0.15) is 5.75 Å². The molecule has 2 aromatic rings. The van der Waals surface area contributed by atoms with Gasteiger partial charge in [-0.2, -0.15) is 0 Å². The second kappa shape index (κ2) is 7.60. The van der Waals surface area contributed by atoms with Crippen LogP contribution >= 0.6 is 0 Å². The summed E-state index contributed by atoms with van der Waals surface area (Å²) in [6, 6.07) is 12.7. The van der Waals surface area contributed by atoms with E-state index in [1.54, 1.807) is 24.3 Å². The molecule has 1 saturated carbocycles. The van der Waals surface area contributed by atoms with Gasteiger partial charge in [0.2, 0.25) is 5.91 Å². The molecule has 1 aliphatic rings. The Morgan fingerprint density at radius 1 is 1.08 bits per heavy atom. The molecule has 0 atom stereocenters. The molecule has 0 heterocycles. The Labute approximate surface area is 153 Å². The van der Waals surface area contributed by atoms with Crippen molar-refractivity contribution >= 4 is 23.2 Å². The van der Waals surface area contributed by atoms with Crippen molar-refractivity contribution in [1.29, 1.82) is 0 Å². The summed E-state index contributed by atoms with van der Waals surface area (Å²) in [5.41, 5.74) is 2.79. The van der Waals surface area contributed by atoms with Crippen LogP contribution in [0.4, 0.5) is 11.4 Å². The fourth-order valence-corrected chi connectivity index (χ4v) is 2.62. The molecule has 0 unspecified atom stereocenters. The lowest BCUT2D eigenvalue weighted by atomic mass is 10.1. The largest absolute Gasteiger partial charge is 0.490 e. The minimum atomic E-state index is -0.246. The molecule has 3 rings (SSSR count). The summed E-state index contributed by atoms with van der Waals surface area (Å²) in [5.74, 6) is 0.485. The standard InChI is InChI=1S/C21H24N2O3/c1-13(2)26-19-7-5-4-6-17(19)21(25)22-16-11-8-14(3)18(12-16)23-20(24)15-9-10-15/h4-8,11-13,15H,9-10H2,1-3H3,(H,22,25)(H,23,24). The van der Waals surface area contributed by atoms with Gasteiger partial charge in [0.05, 0.1) is 11.7 Å².